The van der Waals surface area contributed by atoms with E-state index < -0.39 is 0 Å². The Morgan fingerprint density at radius 3 is 2.81 bits per heavy atom. The van der Waals surface area contributed by atoms with Crippen molar-refractivity contribution in [1.29, 1.82) is 5.26 Å². The lowest BCUT2D eigenvalue weighted by atomic mass is 10.2. The first kappa shape index (κ1) is 11.2. The number of hydrogen-bond acceptors (Lipinski definition) is 2. The van der Waals surface area contributed by atoms with Gasteiger partial charge in [0.05, 0.1) is 17.3 Å². The second kappa shape index (κ2) is 5.16. The van der Waals surface area contributed by atoms with E-state index >= 15 is 0 Å². The van der Waals surface area contributed by atoms with E-state index in [-0.39, 0.29) is 0 Å². The van der Waals surface area contributed by atoms with Gasteiger partial charge in [0.15, 0.2) is 0 Å². The van der Waals surface area contributed by atoms with Crippen molar-refractivity contribution in [2.24, 2.45) is 4.99 Å². The molecule has 1 aliphatic carbocycles. The van der Waals surface area contributed by atoms with E-state index in [0.29, 0.717) is 0 Å². The molecule has 1 fully saturated rings. The Labute approximate surface area is 97.5 Å². The first-order chi connectivity index (χ1) is 7.81. The molecular formula is C13H19N3. The normalized spacial score (nSPS) is 24.8. The predicted molar refractivity (Wildman–Crippen MR) is 65.0 cm³/mol. The first-order valence-corrected chi connectivity index (χ1v) is 6.22. The fraction of sp³-hybridized carbons (Fsp3) is 0.692. The molecule has 1 saturated heterocycles. The van der Waals surface area contributed by atoms with Crippen LogP contribution < -0.4 is 0 Å². The third kappa shape index (κ3) is 2.44. The van der Waals surface area contributed by atoms with Crippen LogP contribution in [0, 0.1) is 11.3 Å². The van der Waals surface area contributed by atoms with E-state index in [9.17, 15) is 0 Å². The molecular weight excluding hydrogens is 198 g/mol. The molecule has 86 valence electrons. The van der Waals surface area contributed by atoms with Gasteiger partial charge in [-0.15, -0.1) is 0 Å². The summed E-state index contributed by atoms with van der Waals surface area (Å²) in [4.78, 5) is 6.99. The highest BCUT2D eigenvalue weighted by molar-refractivity contribution is 5.83. The minimum Gasteiger partial charge on any atom is -0.363 e. The number of allylic oxidation sites excluding steroid dienone is 2. The van der Waals surface area contributed by atoms with Crippen LogP contribution in [0.4, 0.5) is 0 Å². The van der Waals surface area contributed by atoms with Gasteiger partial charge >= 0.3 is 0 Å². The van der Waals surface area contributed by atoms with Gasteiger partial charge in [0, 0.05) is 20.0 Å². The minimum absolute atomic E-state index is 0.908. The molecule has 0 aromatic heterocycles. The average Bonchev–Trinajstić information content (AvgIpc) is 2.64. The quantitative estimate of drug-likeness (QED) is 0.677. The Hall–Kier alpha value is -1.30. The highest BCUT2D eigenvalue weighted by Gasteiger charge is 2.16. The van der Waals surface area contributed by atoms with Crippen LogP contribution in [0.25, 0.3) is 0 Å². The van der Waals surface area contributed by atoms with Crippen molar-refractivity contribution in [2.75, 3.05) is 13.6 Å². The smallest absolute Gasteiger partial charge is 0.104 e. The van der Waals surface area contributed by atoms with Gasteiger partial charge in [0.2, 0.25) is 0 Å². The van der Waals surface area contributed by atoms with Crippen molar-refractivity contribution < 1.29 is 0 Å². The molecule has 0 amide bonds. The van der Waals surface area contributed by atoms with Crippen molar-refractivity contribution in [2.45, 2.75) is 44.9 Å². The molecule has 0 aromatic rings. The lowest BCUT2D eigenvalue weighted by Crippen LogP contribution is -2.25. The Kier molecular flexibility index (Phi) is 3.61. The first-order valence-electron chi connectivity index (χ1n) is 6.22. The maximum atomic E-state index is 9.00. The summed E-state index contributed by atoms with van der Waals surface area (Å²) in [5, 5.41) is 9.00. The van der Waals surface area contributed by atoms with Crippen LogP contribution in [0.15, 0.2) is 16.3 Å². The van der Waals surface area contributed by atoms with Crippen molar-refractivity contribution in [3.8, 4) is 6.07 Å². The van der Waals surface area contributed by atoms with Gasteiger partial charge in [0.1, 0.15) is 5.84 Å². The van der Waals surface area contributed by atoms with Gasteiger partial charge in [-0.25, -0.2) is 4.99 Å². The van der Waals surface area contributed by atoms with Gasteiger partial charge in [-0.2, -0.15) is 5.26 Å². The summed E-state index contributed by atoms with van der Waals surface area (Å²) in [6.45, 7) is 1.11. The van der Waals surface area contributed by atoms with E-state index in [1.165, 1.54) is 25.1 Å². The van der Waals surface area contributed by atoms with Gasteiger partial charge < -0.3 is 4.90 Å². The monoisotopic (exact) mass is 217 g/mol. The lowest BCUT2D eigenvalue weighted by molar-refractivity contribution is 0.493. The fourth-order valence-electron chi connectivity index (χ4n) is 2.40. The molecule has 3 nitrogen and oxygen atoms in total. The third-order valence-corrected chi connectivity index (χ3v) is 3.42. The van der Waals surface area contributed by atoms with Crippen molar-refractivity contribution in [3.63, 3.8) is 0 Å². The zero-order valence-corrected chi connectivity index (χ0v) is 10.00. The van der Waals surface area contributed by atoms with Gasteiger partial charge in [0.25, 0.3) is 0 Å². The van der Waals surface area contributed by atoms with Crippen LogP contribution in [0.1, 0.15) is 44.9 Å². The number of nitrogens with zero attached hydrogens (tertiary/aromatic N) is 3. The number of likely N-dealkylation sites (tertiary alicyclic amines) is 1. The molecule has 2 aliphatic rings. The average molecular weight is 217 g/mol. The largest absolute Gasteiger partial charge is 0.363 e. The highest BCUT2D eigenvalue weighted by Crippen LogP contribution is 2.27. The van der Waals surface area contributed by atoms with Crippen LogP contribution in [-0.2, 0) is 0 Å². The Bertz CT molecular complexity index is 360. The SMILES string of the molecule is CN1CCCCCC1=NC1=C(C#N)CCC1. The minimum atomic E-state index is 0.908. The van der Waals surface area contributed by atoms with E-state index in [2.05, 4.69) is 18.0 Å². The maximum absolute atomic E-state index is 9.00. The molecule has 0 spiro atoms. The van der Waals surface area contributed by atoms with E-state index in [4.69, 9.17) is 10.3 Å². The van der Waals surface area contributed by atoms with E-state index in [1.807, 2.05) is 0 Å². The van der Waals surface area contributed by atoms with E-state index in [0.717, 1.165) is 43.5 Å². The molecule has 0 aromatic carbocycles. The van der Waals surface area contributed by atoms with Crippen LogP contribution in [0.3, 0.4) is 0 Å². The van der Waals surface area contributed by atoms with Gasteiger partial charge in [-0.3, -0.25) is 0 Å². The molecule has 0 atom stereocenters. The zero-order valence-electron chi connectivity index (χ0n) is 10.00. The Morgan fingerprint density at radius 1 is 1.12 bits per heavy atom. The highest BCUT2D eigenvalue weighted by atomic mass is 15.2. The summed E-state index contributed by atoms with van der Waals surface area (Å²) in [5.41, 5.74) is 1.95. The molecule has 0 N–H and O–H groups in total. The number of nitriles is 1. The second-order valence-corrected chi connectivity index (χ2v) is 4.65. The fourth-order valence-corrected chi connectivity index (χ4v) is 2.40. The second-order valence-electron chi connectivity index (χ2n) is 4.65. The van der Waals surface area contributed by atoms with Gasteiger partial charge in [-0.1, -0.05) is 6.42 Å². The number of hydrogen-bond donors (Lipinski definition) is 0. The molecule has 1 heterocycles. The van der Waals surface area contributed by atoms with Crippen molar-refractivity contribution in [3.05, 3.63) is 11.3 Å². The Morgan fingerprint density at radius 2 is 2.00 bits per heavy atom. The van der Waals surface area contributed by atoms with Crippen LogP contribution in [0.5, 0.6) is 0 Å². The summed E-state index contributed by atoms with van der Waals surface area (Å²) < 4.78 is 0. The summed E-state index contributed by atoms with van der Waals surface area (Å²) in [5.74, 6) is 1.18. The zero-order chi connectivity index (χ0) is 11.4. The summed E-state index contributed by atoms with van der Waals surface area (Å²) in [6.07, 6.45) is 7.87. The number of rotatable bonds is 1. The van der Waals surface area contributed by atoms with Crippen LogP contribution >= 0.6 is 0 Å². The van der Waals surface area contributed by atoms with Crippen molar-refractivity contribution in [1.82, 2.24) is 4.90 Å². The number of aliphatic imine (C=N–C) groups is 1. The molecule has 16 heavy (non-hydrogen) atoms. The van der Waals surface area contributed by atoms with Crippen LogP contribution in [0.2, 0.25) is 0 Å². The molecule has 1 aliphatic heterocycles. The van der Waals surface area contributed by atoms with Crippen molar-refractivity contribution >= 4 is 5.84 Å². The summed E-state index contributed by atoms with van der Waals surface area (Å²) in [7, 11) is 2.12. The molecule has 2 rings (SSSR count). The van der Waals surface area contributed by atoms with Gasteiger partial charge in [-0.05, 0) is 32.1 Å². The van der Waals surface area contributed by atoms with E-state index in [1.54, 1.807) is 0 Å². The molecule has 0 saturated carbocycles. The summed E-state index contributed by atoms with van der Waals surface area (Å²) in [6, 6.07) is 2.29. The molecule has 0 unspecified atom stereocenters. The third-order valence-electron chi connectivity index (χ3n) is 3.42. The lowest BCUT2D eigenvalue weighted by Gasteiger charge is -2.18. The Balaban J connectivity index is 2.18. The molecule has 3 heteroatoms. The number of amidine groups is 1. The topological polar surface area (TPSA) is 39.4 Å². The standard InChI is InChI=1S/C13H19N3/c1-16-9-4-2-3-8-13(16)15-12-7-5-6-11(12)10-14/h2-9H2,1H3. The predicted octanol–water partition coefficient (Wildman–Crippen LogP) is 2.85. The maximum Gasteiger partial charge on any atom is 0.104 e. The van der Waals surface area contributed by atoms with Crippen LogP contribution in [-0.4, -0.2) is 24.3 Å². The summed E-state index contributed by atoms with van der Waals surface area (Å²) >= 11 is 0. The molecule has 0 bridgehead atoms. The molecule has 0 radical (unpaired) electrons.